The number of likely N-dealkylation sites (N-methyl/N-ethyl adjacent to an activating group) is 1. The molecular formula is C50H96N10O20. The van der Waals surface area contributed by atoms with Gasteiger partial charge in [-0.25, -0.2) is 39.1 Å². The van der Waals surface area contributed by atoms with Crippen LogP contribution in [0.3, 0.4) is 0 Å². The van der Waals surface area contributed by atoms with Gasteiger partial charge in [-0.05, 0) is 52.5 Å². The van der Waals surface area contributed by atoms with Gasteiger partial charge in [-0.2, -0.15) is 0 Å². The summed E-state index contributed by atoms with van der Waals surface area (Å²) in [5, 5.41) is 11.8. The minimum Gasteiger partial charge on any atom is -0.468 e. The van der Waals surface area contributed by atoms with Gasteiger partial charge in [-0.1, -0.05) is 0 Å². The summed E-state index contributed by atoms with van der Waals surface area (Å²) in [5.74, 6) is -2.75. The van der Waals surface area contributed by atoms with Crippen molar-refractivity contribution in [3.63, 3.8) is 0 Å². The van der Waals surface area contributed by atoms with Crippen molar-refractivity contribution in [3.8, 4) is 0 Å². The van der Waals surface area contributed by atoms with Crippen molar-refractivity contribution >= 4 is 47.4 Å². The summed E-state index contributed by atoms with van der Waals surface area (Å²) in [4.78, 5) is 151. The van der Waals surface area contributed by atoms with E-state index in [1.807, 2.05) is 29.4 Å². The monoisotopic (exact) mass is 1160 g/mol. The summed E-state index contributed by atoms with van der Waals surface area (Å²) in [6.45, 7) is 7.34. The fraction of sp³-hybridized carbons (Fsp3) is 0.840. The Kier molecular flexibility index (Phi) is 47.2. The second-order valence-corrected chi connectivity index (χ2v) is 18.1. The lowest BCUT2D eigenvalue weighted by atomic mass is 10.0. The van der Waals surface area contributed by atoms with E-state index in [0.717, 1.165) is 0 Å². The van der Waals surface area contributed by atoms with Crippen LogP contribution in [0.25, 0.3) is 0 Å². The van der Waals surface area contributed by atoms with Crippen molar-refractivity contribution in [1.29, 1.82) is 0 Å². The summed E-state index contributed by atoms with van der Waals surface area (Å²) in [6, 6.07) is -1.31. The predicted molar refractivity (Wildman–Crippen MR) is 288 cm³/mol. The standard InChI is InChI=1S/C50H96N10O20/c1-41(61)42(15-11-13-17-52-44(62)35-57(27-31-77-73-7)23-19-55(37-46(64)69-3)21-25-59(29-33-79-75-9)39-48(66)71-5)54-50(68)43(51-2)16-12-14-18-53-45(63)36-58(28-32-78-74-8)24-20-56(38-47(65)70-4)22-26-60(30-34-80-76-10)40-49(67)72-6/h42-43,51H,11-40H2,1-10H3,(H,52,62)(H,53,63)(H,54,68). The van der Waals surface area contributed by atoms with Crippen molar-refractivity contribution in [2.75, 3.05) is 221 Å². The van der Waals surface area contributed by atoms with Crippen molar-refractivity contribution < 1.29 is 96.4 Å². The zero-order valence-electron chi connectivity index (χ0n) is 49.2. The summed E-state index contributed by atoms with van der Waals surface area (Å²) < 4.78 is 19.5. The summed E-state index contributed by atoms with van der Waals surface area (Å²) in [5.41, 5.74) is 0. The Morgan fingerprint density at radius 1 is 0.375 bits per heavy atom. The van der Waals surface area contributed by atoms with Gasteiger partial charge in [0.2, 0.25) is 17.7 Å². The second-order valence-electron chi connectivity index (χ2n) is 18.1. The highest BCUT2D eigenvalue weighted by molar-refractivity contribution is 5.89. The Bertz CT molecular complexity index is 1700. The van der Waals surface area contributed by atoms with Crippen LogP contribution in [-0.2, 0) is 96.4 Å². The van der Waals surface area contributed by atoms with E-state index in [1.54, 1.807) is 7.05 Å². The van der Waals surface area contributed by atoms with Crippen LogP contribution < -0.4 is 21.3 Å². The van der Waals surface area contributed by atoms with Gasteiger partial charge in [0.15, 0.2) is 5.78 Å². The number of carbonyl (C=O) groups excluding carboxylic acids is 8. The van der Waals surface area contributed by atoms with Crippen LogP contribution in [0.4, 0.5) is 0 Å². The zero-order chi connectivity index (χ0) is 59.8. The largest absolute Gasteiger partial charge is 0.468 e. The number of nitrogens with zero attached hydrogens (tertiary/aromatic N) is 6. The van der Waals surface area contributed by atoms with Gasteiger partial charge in [0.25, 0.3) is 0 Å². The molecule has 0 heterocycles. The maximum absolute atomic E-state index is 13.3. The number of rotatable bonds is 54. The molecular weight excluding hydrogens is 1060 g/mol. The number of hydrogen-bond acceptors (Lipinski definition) is 27. The Morgan fingerprint density at radius 2 is 0.650 bits per heavy atom. The molecule has 0 radical (unpaired) electrons. The van der Waals surface area contributed by atoms with Gasteiger partial charge in [0, 0.05) is 91.6 Å². The average Bonchev–Trinajstić information content (AvgIpc) is 3.44. The van der Waals surface area contributed by atoms with Crippen LogP contribution in [0.2, 0.25) is 0 Å². The highest BCUT2D eigenvalue weighted by Crippen LogP contribution is 2.07. The first-order chi connectivity index (χ1) is 38.5. The summed E-state index contributed by atoms with van der Waals surface area (Å²) in [6.07, 6.45) is 3.06. The Hall–Kier alpha value is -4.64. The third-order valence-electron chi connectivity index (χ3n) is 12.4. The van der Waals surface area contributed by atoms with E-state index in [9.17, 15) is 38.4 Å². The number of esters is 4. The van der Waals surface area contributed by atoms with Gasteiger partial charge in [-0.3, -0.25) is 67.8 Å². The van der Waals surface area contributed by atoms with Gasteiger partial charge in [0.1, 0.15) is 0 Å². The molecule has 0 bridgehead atoms. The van der Waals surface area contributed by atoms with Crippen LogP contribution in [0.5, 0.6) is 0 Å². The number of nitrogens with one attached hydrogen (secondary N) is 4. The van der Waals surface area contributed by atoms with E-state index in [0.29, 0.717) is 130 Å². The fourth-order valence-corrected chi connectivity index (χ4v) is 7.71. The third-order valence-corrected chi connectivity index (χ3v) is 12.4. The first-order valence-electron chi connectivity index (χ1n) is 26.8. The normalized spacial score (nSPS) is 12.3. The Labute approximate surface area is 472 Å². The van der Waals surface area contributed by atoms with Crippen molar-refractivity contribution in [3.05, 3.63) is 0 Å². The molecule has 80 heavy (non-hydrogen) atoms. The van der Waals surface area contributed by atoms with E-state index < -0.39 is 36.0 Å². The molecule has 30 heteroatoms. The van der Waals surface area contributed by atoms with Gasteiger partial charge in [0.05, 0.1) is 135 Å². The molecule has 0 fully saturated rings. The molecule has 0 aromatic rings. The molecule has 0 saturated heterocycles. The molecule has 2 atom stereocenters. The molecule has 0 aromatic carbocycles. The number of ketones is 1. The molecule has 30 nitrogen and oxygen atoms in total. The van der Waals surface area contributed by atoms with Crippen LogP contribution in [0, 0.1) is 0 Å². The molecule has 0 spiro atoms. The minimum atomic E-state index is -0.726. The van der Waals surface area contributed by atoms with Crippen molar-refractivity contribution in [2.24, 2.45) is 0 Å². The molecule has 0 aliphatic heterocycles. The minimum absolute atomic E-state index is 0.00508. The molecule has 0 aromatic heterocycles. The smallest absolute Gasteiger partial charge is 0.319 e. The van der Waals surface area contributed by atoms with E-state index in [-0.39, 0.29) is 89.2 Å². The summed E-state index contributed by atoms with van der Waals surface area (Å²) in [7, 11) is 12.4. The van der Waals surface area contributed by atoms with Crippen LogP contribution in [0.15, 0.2) is 0 Å². The summed E-state index contributed by atoms with van der Waals surface area (Å²) >= 11 is 0. The van der Waals surface area contributed by atoms with Crippen molar-refractivity contribution in [1.82, 2.24) is 50.7 Å². The predicted octanol–water partition coefficient (Wildman–Crippen LogP) is -2.96. The number of amides is 3. The second kappa shape index (κ2) is 50.1. The number of Topliss-reactive ketones (excluding diaryl/α,β-unsaturated/α-hetero) is 1. The molecule has 3 amide bonds. The van der Waals surface area contributed by atoms with Gasteiger partial charge in [-0.15, -0.1) is 0 Å². The molecule has 2 unspecified atom stereocenters. The van der Waals surface area contributed by atoms with Crippen LogP contribution in [-0.4, -0.2) is 310 Å². The fourth-order valence-electron chi connectivity index (χ4n) is 7.71. The molecule has 0 rings (SSSR count). The van der Waals surface area contributed by atoms with Crippen LogP contribution >= 0.6 is 0 Å². The molecule has 4 N–H and O–H groups in total. The first kappa shape index (κ1) is 75.4. The lowest BCUT2D eigenvalue weighted by Crippen LogP contribution is -2.49. The molecule has 0 saturated carbocycles. The van der Waals surface area contributed by atoms with Gasteiger partial charge >= 0.3 is 23.9 Å². The highest BCUT2D eigenvalue weighted by Gasteiger charge is 2.24. The Morgan fingerprint density at radius 3 is 0.912 bits per heavy atom. The first-order valence-corrected chi connectivity index (χ1v) is 26.8. The number of unbranched alkanes of at least 4 members (excludes halogenated alkanes) is 2. The van der Waals surface area contributed by atoms with E-state index in [2.05, 4.69) is 31.0 Å². The molecule has 0 aliphatic rings. The van der Waals surface area contributed by atoms with Gasteiger partial charge < -0.3 is 40.2 Å². The Balaban J connectivity index is 5.22. The van der Waals surface area contributed by atoms with E-state index in [1.165, 1.54) is 63.8 Å². The molecule has 466 valence electrons. The van der Waals surface area contributed by atoms with Crippen molar-refractivity contribution in [2.45, 2.75) is 57.5 Å². The molecule has 0 aliphatic carbocycles. The lowest BCUT2D eigenvalue weighted by molar-refractivity contribution is -0.273. The van der Waals surface area contributed by atoms with Crippen LogP contribution in [0.1, 0.15) is 45.4 Å². The number of hydrogen-bond donors (Lipinski definition) is 4. The SMILES string of the molecule is CNC(CCCCNC(=O)CN(CCOOC)CCN(CCN(CCOOC)CC(=O)OC)CC(=O)OC)C(=O)NC(CCCCNC(=O)CN(CCOOC)CCN(CCN(CCOOC)CC(=O)OC)CC(=O)OC)C(C)=O. The highest BCUT2D eigenvalue weighted by atomic mass is 17.2. The third kappa shape index (κ3) is 40.5. The number of carbonyl (C=O) groups is 8. The van der Waals surface area contributed by atoms with E-state index in [4.69, 9.17) is 48.3 Å². The number of methoxy groups -OCH3 is 4. The maximum Gasteiger partial charge on any atom is 0.319 e. The maximum atomic E-state index is 13.3. The number of ether oxygens (including phenoxy) is 4. The topological polar surface area (TPSA) is 315 Å². The average molecular weight is 1160 g/mol. The zero-order valence-corrected chi connectivity index (χ0v) is 49.2. The van der Waals surface area contributed by atoms with E-state index >= 15 is 0 Å². The quantitative estimate of drug-likeness (QED) is 0.0155. The lowest BCUT2D eigenvalue weighted by Gasteiger charge is -2.29.